The van der Waals surface area contributed by atoms with Crippen LogP contribution in [0, 0.1) is 0 Å². The zero-order chi connectivity index (χ0) is 16.2. The Labute approximate surface area is 129 Å². The predicted molar refractivity (Wildman–Crippen MR) is 89.3 cm³/mol. The fourth-order valence-electron chi connectivity index (χ4n) is 2.46. The van der Waals surface area contributed by atoms with Crippen molar-refractivity contribution in [3.8, 4) is 0 Å². The average molecular weight is 309 g/mol. The Kier molecular flexibility index (Phi) is 3.97. The Balaban J connectivity index is 2.51. The summed E-state index contributed by atoms with van der Waals surface area (Å²) in [7, 11) is -2.04. The van der Waals surface area contributed by atoms with Crippen LogP contribution in [0.1, 0.15) is 53.2 Å². The van der Waals surface area contributed by atoms with Crippen LogP contribution in [0.25, 0.3) is 0 Å². The first-order valence-electron chi connectivity index (χ1n) is 7.72. The molecule has 2 rings (SSSR count). The van der Waals surface area contributed by atoms with Crippen molar-refractivity contribution in [2.24, 2.45) is 0 Å². The topological polar surface area (TPSA) is 44.5 Å². The van der Waals surface area contributed by atoms with E-state index in [0.29, 0.717) is 0 Å². The second kappa shape index (κ2) is 4.96. The largest absolute Gasteiger partial charge is 0.499 e. The fourth-order valence-corrected chi connectivity index (χ4v) is 3.83. The summed E-state index contributed by atoms with van der Waals surface area (Å²) >= 11 is 0. The highest BCUT2D eigenvalue weighted by atomic mass is 28.3. The molecule has 0 unspecified atom stereocenters. The van der Waals surface area contributed by atoms with Crippen molar-refractivity contribution in [3.05, 3.63) is 5.69 Å². The number of hydrogen-bond acceptors (Lipinski definition) is 4. The van der Waals surface area contributed by atoms with E-state index < -0.39 is 8.07 Å². The Hall–Kier alpha value is -0.588. The van der Waals surface area contributed by atoms with Gasteiger partial charge in [0, 0.05) is 5.46 Å². The summed E-state index contributed by atoms with van der Waals surface area (Å²) in [4.78, 5) is 0. The molecule has 118 valence electrons. The van der Waals surface area contributed by atoms with Gasteiger partial charge in [0.2, 0.25) is 0 Å². The number of nitrogens with zero attached hydrogens (tertiary/aromatic N) is 1. The maximum absolute atomic E-state index is 6.24. The summed E-state index contributed by atoms with van der Waals surface area (Å²) < 4.78 is 18.2. The van der Waals surface area contributed by atoms with Gasteiger partial charge in [0.15, 0.2) is 0 Å². The van der Waals surface area contributed by atoms with Gasteiger partial charge in [0.25, 0.3) is 0 Å². The molecule has 1 aliphatic rings. The van der Waals surface area contributed by atoms with E-state index in [-0.39, 0.29) is 24.2 Å². The first-order chi connectivity index (χ1) is 9.37. The van der Waals surface area contributed by atoms with Crippen LogP contribution in [0.15, 0.2) is 4.52 Å². The summed E-state index contributed by atoms with van der Waals surface area (Å²) in [6.45, 7) is 19.3. The highest BCUT2D eigenvalue weighted by Crippen LogP contribution is 2.37. The molecule has 6 heteroatoms. The van der Waals surface area contributed by atoms with E-state index in [4.69, 9.17) is 13.8 Å². The van der Waals surface area contributed by atoms with Crippen LogP contribution in [0.3, 0.4) is 0 Å². The smallest absolute Gasteiger partial charge is 0.399 e. The molecule has 4 nitrogen and oxygen atoms in total. The molecule has 0 N–H and O–H groups in total. The third-order valence-electron chi connectivity index (χ3n) is 4.47. The normalized spacial score (nSPS) is 21.3. The molecule has 1 aliphatic heterocycles. The van der Waals surface area contributed by atoms with Crippen molar-refractivity contribution >= 4 is 26.0 Å². The minimum Gasteiger partial charge on any atom is -0.399 e. The molecule has 0 aliphatic carbocycles. The molecule has 0 saturated carbocycles. The van der Waals surface area contributed by atoms with Gasteiger partial charge >= 0.3 is 7.12 Å². The number of aromatic nitrogens is 1. The van der Waals surface area contributed by atoms with Crippen molar-refractivity contribution in [1.82, 2.24) is 5.16 Å². The standard InChI is InChI=1S/C15H28BNO3Si/c1-10(2)12-11(13(18-17-12)21(7,8)9)16-19-14(3,4)15(5,6)20-16/h10H,1-9H3. The zero-order valence-electron chi connectivity index (χ0n) is 14.8. The summed E-state index contributed by atoms with van der Waals surface area (Å²) in [5, 5.41) is 5.31. The minimum absolute atomic E-state index is 0.285. The van der Waals surface area contributed by atoms with E-state index >= 15 is 0 Å². The first-order valence-corrected chi connectivity index (χ1v) is 11.2. The van der Waals surface area contributed by atoms with Gasteiger partial charge in [-0.15, -0.1) is 0 Å². The Morgan fingerprint density at radius 3 is 1.86 bits per heavy atom. The van der Waals surface area contributed by atoms with Gasteiger partial charge in [0.05, 0.1) is 16.9 Å². The van der Waals surface area contributed by atoms with Crippen LogP contribution in [-0.2, 0) is 9.31 Å². The lowest BCUT2D eigenvalue weighted by atomic mass is 9.77. The zero-order valence-corrected chi connectivity index (χ0v) is 15.8. The Morgan fingerprint density at radius 2 is 1.48 bits per heavy atom. The van der Waals surface area contributed by atoms with Crippen LogP contribution in [0.4, 0.5) is 0 Å². The number of rotatable bonds is 3. The SMILES string of the molecule is CC(C)c1noc([Si](C)(C)C)c1B1OC(C)(C)C(C)(C)O1. The molecule has 0 radical (unpaired) electrons. The average Bonchev–Trinajstić information content (AvgIpc) is 2.77. The van der Waals surface area contributed by atoms with Gasteiger partial charge in [-0.2, -0.15) is 0 Å². The quantitative estimate of drug-likeness (QED) is 0.805. The lowest BCUT2D eigenvalue weighted by Gasteiger charge is -2.32. The van der Waals surface area contributed by atoms with E-state index in [2.05, 4.69) is 66.3 Å². The van der Waals surface area contributed by atoms with E-state index in [9.17, 15) is 0 Å². The molecule has 0 atom stereocenters. The van der Waals surface area contributed by atoms with E-state index in [1.165, 1.54) is 0 Å². The van der Waals surface area contributed by atoms with Crippen molar-refractivity contribution in [1.29, 1.82) is 0 Å². The lowest BCUT2D eigenvalue weighted by Crippen LogP contribution is -2.53. The molecule has 1 aromatic rings. The predicted octanol–water partition coefficient (Wildman–Crippen LogP) is 2.64. The molecule has 0 bridgehead atoms. The lowest BCUT2D eigenvalue weighted by molar-refractivity contribution is 0.00578. The molecule has 1 saturated heterocycles. The third-order valence-corrected chi connectivity index (χ3v) is 6.20. The molecule has 2 heterocycles. The van der Waals surface area contributed by atoms with Gasteiger partial charge < -0.3 is 13.8 Å². The van der Waals surface area contributed by atoms with Crippen LogP contribution in [-0.4, -0.2) is 31.6 Å². The second-order valence-corrected chi connectivity index (χ2v) is 13.3. The van der Waals surface area contributed by atoms with Crippen molar-refractivity contribution in [3.63, 3.8) is 0 Å². The summed E-state index contributed by atoms with van der Waals surface area (Å²) in [6.07, 6.45) is 0. The van der Waals surface area contributed by atoms with Gasteiger partial charge in [-0.05, 0) is 33.6 Å². The van der Waals surface area contributed by atoms with Crippen LogP contribution < -0.4 is 10.8 Å². The molecule has 21 heavy (non-hydrogen) atoms. The summed E-state index contributed by atoms with van der Waals surface area (Å²) in [5.41, 5.74) is 1.30. The first kappa shape index (κ1) is 16.8. The van der Waals surface area contributed by atoms with Crippen molar-refractivity contribution < 1.29 is 13.8 Å². The maximum atomic E-state index is 6.24. The van der Waals surface area contributed by atoms with Gasteiger partial charge in [-0.25, -0.2) is 0 Å². The monoisotopic (exact) mass is 309 g/mol. The van der Waals surface area contributed by atoms with Crippen molar-refractivity contribution in [2.45, 2.75) is 78.3 Å². The van der Waals surface area contributed by atoms with Crippen molar-refractivity contribution in [2.75, 3.05) is 0 Å². The van der Waals surface area contributed by atoms with E-state index in [1.54, 1.807) is 0 Å². The molecule has 0 aromatic carbocycles. The molecule has 0 spiro atoms. The molecule has 0 amide bonds. The highest BCUT2D eigenvalue weighted by Gasteiger charge is 2.54. The van der Waals surface area contributed by atoms with E-state index in [0.717, 1.165) is 16.5 Å². The number of hydrogen-bond donors (Lipinski definition) is 0. The fraction of sp³-hybridized carbons (Fsp3) is 0.800. The van der Waals surface area contributed by atoms with Gasteiger partial charge in [-0.1, -0.05) is 38.6 Å². The molecular weight excluding hydrogens is 281 g/mol. The van der Waals surface area contributed by atoms with Crippen LogP contribution in [0.5, 0.6) is 0 Å². The van der Waals surface area contributed by atoms with Gasteiger partial charge in [-0.3, -0.25) is 0 Å². The molecular formula is C15H28BNO3Si. The van der Waals surface area contributed by atoms with Crippen LogP contribution >= 0.6 is 0 Å². The Bertz CT molecular complexity index is 516. The van der Waals surface area contributed by atoms with E-state index in [1.807, 2.05) is 0 Å². The third kappa shape index (κ3) is 2.85. The van der Waals surface area contributed by atoms with Gasteiger partial charge in [0.1, 0.15) is 13.5 Å². The van der Waals surface area contributed by atoms with Crippen LogP contribution in [0.2, 0.25) is 19.6 Å². The second-order valence-electron chi connectivity index (χ2n) is 8.30. The maximum Gasteiger partial charge on any atom is 0.499 e. The minimum atomic E-state index is -1.65. The highest BCUT2D eigenvalue weighted by molar-refractivity contribution is 6.91. The molecule has 1 aromatic heterocycles. The Morgan fingerprint density at radius 1 is 1.00 bits per heavy atom. The molecule has 1 fully saturated rings. The summed E-state index contributed by atoms with van der Waals surface area (Å²) in [6, 6.07) is 0. The summed E-state index contributed by atoms with van der Waals surface area (Å²) in [5.74, 6) is 0.285.